The first kappa shape index (κ1) is 15.2. The second-order valence-corrected chi connectivity index (χ2v) is 6.03. The number of benzene rings is 3. The van der Waals surface area contributed by atoms with Crippen LogP contribution in [0.4, 0.5) is 0 Å². The molecular weight excluding hydrogens is 306 g/mol. The van der Waals surface area contributed by atoms with Crippen molar-refractivity contribution >= 4 is 11.0 Å². The fraction of sp³-hybridized carbons (Fsp3) is 0.0909. The van der Waals surface area contributed by atoms with E-state index in [2.05, 4.69) is 53.1 Å². The highest BCUT2D eigenvalue weighted by atomic mass is 15.1. The van der Waals surface area contributed by atoms with Gasteiger partial charge in [-0.15, -0.1) is 0 Å². The number of nitrogens with zero attached hydrogens (tertiary/aromatic N) is 3. The molecule has 0 N–H and O–H groups in total. The summed E-state index contributed by atoms with van der Waals surface area (Å²) in [6.07, 6.45) is 0.431. The van der Waals surface area contributed by atoms with Crippen LogP contribution in [0.2, 0.25) is 0 Å². The largest absolute Gasteiger partial charge is 0.319 e. The van der Waals surface area contributed by atoms with Crippen LogP contribution in [-0.4, -0.2) is 9.55 Å². The van der Waals surface area contributed by atoms with E-state index in [1.807, 2.05) is 36.4 Å². The number of rotatable bonds is 4. The van der Waals surface area contributed by atoms with E-state index < -0.39 is 0 Å². The quantitative estimate of drug-likeness (QED) is 0.540. The molecule has 0 fully saturated rings. The number of hydrogen-bond acceptors (Lipinski definition) is 2. The van der Waals surface area contributed by atoms with Gasteiger partial charge in [0.25, 0.3) is 0 Å². The third-order valence-electron chi connectivity index (χ3n) is 4.33. The maximum Gasteiger partial charge on any atom is 0.141 e. The number of aromatic nitrogens is 2. The van der Waals surface area contributed by atoms with E-state index in [4.69, 9.17) is 10.2 Å². The van der Waals surface area contributed by atoms with Gasteiger partial charge in [-0.2, -0.15) is 5.26 Å². The van der Waals surface area contributed by atoms with Crippen molar-refractivity contribution in [1.82, 2.24) is 9.55 Å². The van der Waals surface area contributed by atoms with Gasteiger partial charge in [-0.25, -0.2) is 4.98 Å². The molecule has 0 bridgehead atoms. The van der Waals surface area contributed by atoms with Crippen LogP contribution in [0.15, 0.2) is 78.9 Å². The molecule has 1 aromatic heterocycles. The average molecular weight is 323 g/mol. The normalized spacial score (nSPS) is 10.7. The number of hydrogen-bond donors (Lipinski definition) is 0. The molecule has 3 aromatic carbocycles. The molecule has 0 amide bonds. The zero-order valence-corrected chi connectivity index (χ0v) is 13.8. The van der Waals surface area contributed by atoms with Gasteiger partial charge in [0.05, 0.1) is 23.5 Å². The summed E-state index contributed by atoms with van der Waals surface area (Å²) < 4.78 is 2.25. The Morgan fingerprint density at radius 2 is 1.52 bits per heavy atom. The number of fused-ring (bicyclic) bond motifs is 1. The lowest BCUT2D eigenvalue weighted by Gasteiger charge is -2.10. The third kappa shape index (κ3) is 3.02. The topological polar surface area (TPSA) is 41.6 Å². The average Bonchev–Trinajstić information content (AvgIpc) is 3.02. The Morgan fingerprint density at radius 3 is 2.28 bits per heavy atom. The summed E-state index contributed by atoms with van der Waals surface area (Å²) >= 11 is 0. The van der Waals surface area contributed by atoms with Crippen LogP contribution in [0, 0.1) is 11.3 Å². The van der Waals surface area contributed by atoms with Crippen molar-refractivity contribution < 1.29 is 0 Å². The van der Waals surface area contributed by atoms with Crippen molar-refractivity contribution in [3.63, 3.8) is 0 Å². The van der Waals surface area contributed by atoms with Crippen molar-refractivity contribution in [2.75, 3.05) is 0 Å². The van der Waals surface area contributed by atoms with Crippen LogP contribution in [0.25, 0.3) is 22.4 Å². The highest BCUT2D eigenvalue weighted by Gasteiger charge is 2.12. The summed E-state index contributed by atoms with van der Waals surface area (Å²) in [6, 6.07) is 28.9. The van der Waals surface area contributed by atoms with Gasteiger partial charge < -0.3 is 4.57 Å². The highest BCUT2D eigenvalue weighted by Crippen LogP contribution is 2.26. The maximum atomic E-state index is 8.84. The lowest BCUT2D eigenvalue weighted by molar-refractivity contribution is 0.834. The molecule has 0 atom stereocenters. The van der Waals surface area contributed by atoms with Crippen molar-refractivity contribution in [2.45, 2.75) is 13.0 Å². The molecule has 0 radical (unpaired) electrons. The zero-order valence-electron chi connectivity index (χ0n) is 13.8. The van der Waals surface area contributed by atoms with E-state index in [-0.39, 0.29) is 0 Å². The first-order valence-electron chi connectivity index (χ1n) is 8.30. The van der Waals surface area contributed by atoms with Crippen molar-refractivity contribution in [3.05, 3.63) is 90.0 Å². The molecule has 0 spiro atoms. The molecule has 0 unspecified atom stereocenters. The van der Waals surface area contributed by atoms with E-state index in [0.717, 1.165) is 34.5 Å². The Kier molecular flexibility index (Phi) is 4.02. The number of nitriles is 1. The minimum Gasteiger partial charge on any atom is -0.319 e. The second-order valence-electron chi connectivity index (χ2n) is 6.03. The molecule has 0 aliphatic rings. The highest BCUT2D eigenvalue weighted by molar-refractivity contribution is 5.80. The first-order valence-corrected chi connectivity index (χ1v) is 8.30. The van der Waals surface area contributed by atoms with Crippen LogP contribution in [-0.2, 0) is 13.0 Å². The molecule has 0 saturated carbocycles. The summed E-state index contributed by atoms with van der Waals surface area (Å²) in [5, 5.41) is 8.84. The van der Waals surface area contributed by atoms with Gasteiger partial charge >= 0.3 is 0 Å². The maximum absolute atomic E-state index is 8.84. The van der Waals surface area contributed by atoms with Gasteiger partial charge in [-0.1, -0.05) is 66.7 Å². The molecular formula is C22H17N3. The Hall–Kier alpha value is -3.38. The number of imidazole rings is 1. The monoisotopic (exact) mass is 323 g/mol. The van der Waals surface area contributed by atoms with E-state index in [9.17, 15) is 0 Å². The summed E-state index contributed by atoms with van der Waals surface area (Å²) in [6.45, 7) is 0.774. The van der Waals surface area contributed by atoms with E-state index in [1.54, 1.807) is 0 Å². The van der Waals surface area contributed by atoms with E-state index in [0.29, 0.717) is 6.42 Å². The molecule has 0 saturated heterocycles. The van der Waals surface area contributed by atoms with Crippen LogP contribution >= 0.6 is 0 Å². The number of para-hydroxylation sites is 2. The Bertz CT molecular complexity index is 1040. The predicted octanol–water partition coefficient (Wildman–Crippen LogP) is 4.82. The summed E-state index contributed by atoms with van der Waals surface area (Å²) in [4.78, 5) is 4.85. The molecule has 3 nitrogen and oxygen atoms in total. The SMILES string of the molecule is N#CCc1ccc(-c2nc3ccccc3n2Cc2ccccc2)cc1. The molecule has 4 rings (SSSR count). The van der Waals surface area contributed by atoms with Gasteiger partial charge in [0.1, 0.15) is 5.82 Å². The molecule has 120 valence electrons. The van der Waals surface area contributed by atoms with Crippen LogP contribution < -0.4 is 0 Å². The van der Waals surface area contributed by atoms with Crippen molar-refractivity contribution in [2.24, 2.45) is 0 Å². The van der Waals surface area contributed by atoms with Crippen LogP contribution in [0.3, 0.4) is 0 Å². The Balaban J connectivity index is 1.82. The first-order chi connectivity index (χ1) is 12.3. The Morgan fingerprint density at radius 1 is 0.800 bits per heavy atom. The fourth-order valence-corrected chi connectivity index (χ4v) is 3.08. The molecule has 3 heteroatoms. The van der Waals surface area contributed by atoms with Gasteiger partial charge in [-0.3, -0.25) is 0 Å². The zero-order chi connectivity index (χ0) is 17.1. The van der Waals surface area contributed by atoms with E-state index >= 15 is 0 Å². The smallest absolute Gasteiger partial charge is 0.141 e. The minimum atomic E-state index is 0.431. The summed E-state index contributed by atoms with van der Waals surface area (Å²) in [7, 11) is 0. The molecule has 25 heavy (non-hydrogen) atoms. The third-order valence-corrected chi connectivity index (χ3v) is 4.33. The van der Waals surface area contributed by atoms with Gasteiger partial charge in [0.15, 0.2) is 0 Å². The lowest BCUT2D eigenvalue weighted by atomic mass is 10.1. The van der Waals surface area contributed by atoms with Crippen LogP contribution in [0.1, 0.15) is 11.1 Å². The van der Waals surface area contributed by atoms with E-state index in [1.165, 1.54) is 5.56 Å². The van der Waals surface area contributed by atoms with Crippen molar-refractivity contribution in [3.8, 4) is 17.5 Å². The molecule has 4 aromatic rings. The fourth-order valence-electron chi connectivity index (χ4n) is 3.08. The van der Waals surface area contributed by atoms with Gasteiger partial charge in [0, 0.05) is 12.1 Å². The minimum absolute atomic E-state index is 0.431. The standard InChI is InChI=1S/C22H17N3/c23-15-14-17-10-12-19(13-11-17)22-24-20-8-4-5-9-21(20)25(22)16-18-6-2-1-3-7-18/h1-13H,14,16H2. The second kappa shape index (κ2) is 6.62. The lowest BCUT2D eigenvalue weighted by Crippen LogP contribution is -2.02. The molecule has 1 heterocycles. The Labute approximate surface area is 146 Å². The summed E-state index contributed by atoms with van der Waals surface area (Å²) in [5.41, 5.74) is 5.45. The van der Waals surface area contributed by atoms with Crippen LogP contribution in [0.5, 0.6) is 0 Å². The summed E-state index contributed by atoms with van der Waals surface area (Å²) in [5.74, 6) is 0.952. The molecule has 0 aliphatic carbocycles. The van der Waals surface area contributed by atoms with Gasteiger partial charge in [-0.05, 0) is 23.3 Å². The van der Waals surface area contributed by atoms with Gasteiger partial charge in [0.2, 0.25) is 0 Å². The van der Waals surface area contributed by atoms with Crippen molar-refractivity contribution in [1.29, 1.82) is 5.26 Å². The predicted molar refractivity (Wildman–Crippen MR) is 100 cm³/mol. The molecule has 0 aliphatic heterocycles.